The third-order valence-corrected chi connectivity index (χ3v) is 5.90. The highest BCUT2D eigenvalue weighted by Gasteiger charge is 2.45. The molecule has 1 spiro atoms. The lowest BCUT2D eigenvalue weighted by Crippen LogP contribution is -2.44. The van der Waals surface area contributed by atoms with Gasteiger partial charge >= 0.3 is 0 Å². The van der Waals surface area contributed by atoms with Gasteiger partial charge in [0, 0.05) is 51.3 Å². The van der Waals surface area contributed by atoms with Crippen molar-refractivity contribution in [1.82, 2.24) is 19.6 Å². The van der Waals surface area contributed by atoms with Gasteiger partial charge in [-0.1, -0.05) is 42.5 Å². The van der Waals surface area contributed by atoms with Gasteiger partial charge in [-0.05, 0) is 18.4 Å². The molecule has 28 heavy (non-hydrogen) atoms. The van der Waals surface area contributed by atoms with Crippen LogP contribution in [0.15, 0.2) is 48.8 Å². The number of benzene rings is 1. The molecule has 0 bridgehead atoms. The van der Waals surface area contributed by atoms with Crippen molar-refractivity contribution >= 4 is 17.9 Å². The summed E-state index contributed by atoms with van der Waals surface area (Å²) in [6.45, 7) is 2.84. The van der Waals surface area contributed by atoms with Gasteiger partial charge in [0.1, 0.15) is 0 Å². The van der Waals surface area contributed by atoms with Crippen LogP contribution >= 0.6 is 0 Å². The second kappa shape index (κ2) is 7.62. The smallest absolute Gasteiger partial charge is 0.257 e. The van der Waals surface area contributed by atoms with E-state index in [0.29, 0.717) is 31.6 Å². The van der Waals surface area contributed by atoms with E-state index in [9.17, 15) is 9.59 Å². The van der Waals surface area contributed by atoms with Crippen molar-refractivity contribution in [3.8, 4) is 0 Å². The Kier molecular flexibility index (Phi) is 5.03. The molecule has 1 aromatic heterocycles. The molecule has 0 aliphatic carbocycles. The molecular formula is C22H26N4O2. The molecule has 4 rings (SSSR count). The van der Waals surface area contributed by atoms with Gasteiger partial charge in [-0.3, -0.25) is 14.3 Å². The predicted octanol–water partition coefficient (Wildman–Crippen LogP) is 2.59. The van der Waals surface area contributed by atoms with Crippen molar-refractivity contribution in [3.05, 3.63) is 59.9 Å². The van der Waals surface area contributed by atoms with E-state index < -0.39 is 0 Å². The van der Waals surface area contributed by atoms with E-state index in [2.05, 4.69) is 29.4 Å². The third-order valence-electron chi connectivity index (χ3n) is 5.90. The normalized spacial score (nSPS) is 19.1. The van der Waals surface area contributed by atoms with Gasteiger partial charge in [0.05, 0.1) is 11.8 Å². The van der Waals surface area contributed by atoms with Crippen molar-refractivity contribution in [1.29, 1.82) is 0 Å². The number of hydrogen-bond donors (Lipinski definition) is 0. The average Bonchev–Trinajstić information content (AvgIpc) is 3.26. The van der Waals surface area contributed by atoms with E-state index in [0.717, 1.165) is 24.9 Å². The Labute approximate surface area is 165 Å². The zero-order chi connectivity index (χ0) is 19.6. The lowest BCUT2D eigenvalue weighted by atomic mass is 9.77. The quantitative estimate of drug-likeness (QED) is 0.822. The summed E-state index contributed by atoms with van der Waals surface area (Å²) >= 11 is 0. The second-order valence-corrected chi connectivity index (χ2v) is 7.96. The predicted molar refractivity (Wildman–Crippen MR) is 107 cm³/mol. The Morgan fingerprint density at radius 1 is 1.21 bits per heavy atom. The number of likely N-dealkylation sites (tertiary alicyclic amines) is 2. The molecule has 2 saturated heterocycles. The molecule has 0 N–H and O–H groups in total. The Balaban J connectivity index is 1.32. The fraction of sp³-hybridized carbons (Fsp3) is 0.409. The highest BCUT2D eigenvalue weighted by Crippen LogP contribution is 2.41. The molecule has 3 heterocycles. The Morgan fingerprint density at radius 3 is 2.64 bits per heavy atom. The van der Waals surface area contributed by atoms with Crippen LogP contribution < -0.4 is 0 Å². The largest absolute Gasteiger partial charge is 0.339 e. The van der Waals surface area contributed by atoms with Gasteiger partial charge in [0.2, 0.25) is 5.91 Å². The van der Waals surface area contributed by atoms with Gasteiger partial charge in [-0.25, -0.2) is 0 Å². The minimum Gasteiger partial charge on any atom is -0.339 e. The first kappa shape index (κ1) is 18.5. The molecule has 0 saturated carbocycles. The standard InChI is InChI=1S/C22H26N4O2/c1-24-16-19(15-23-24)21(28)25-12-9-22(10-13-25)14-20(27)26(17-22)11-5-8-18-6-3-2-4-7-18/h2-8,15-16H,9-14,17H2,1H3. The molecule has 6 heteroatoms. The molecule has 2 aromatic rings. The molecule has 1 aromatic carbocycles. The summed E-state index contributed by atoms with van der Waals surface area (Å²) in [7, 11) is 1.81. The summed E-state index contributed by atoms with van der Waals surface area (Å²) in [5.74, 6) is 0.264. The van der Waals surface area contributed by atoms with Crippen molar-refractivity contribution in [2.45, 2.75) is 19.3 Å². The molecule has 146 valence electrons. The maximum atomic E-state index is 12.6. The van der Waals surface area contributed by atoms with E-state index in [1.54, 1.807) is 17.1 Å². The molecule has 0 atom stereocenters. The van der Waals surface area contributed by atoms with Gasteiger partial charge in [-0.15, -0.1) is 0 Å². The zero-order valence-electron chi connectivity index (χ0n) is 16.3. The highest BCUT2D eigenvalue weighted by molar-refractivity contribution is 5.93. The number of nitrogens with zero attached hydrogens (tertiary/aromatic N) is 4. The number of aromatic nitrogens is 2. The summed E-state index contributed by atoms with van der Waals surface area (Å²) in [6, 6.07) is 10.1. The molecular weight excluding hydrogens is 352 g/mol. The van der Waals surface area contributed by atoms with E-state index in [-0.39, 0.29) is 17.2 Å². The summed E-state index contributed by atoms with van der Waals surface area (Å²) in [5.41, 5.74) is 1.79. The first-order valence-corrected chi connectivity index (χ1v) is 9.82. The topological polar surface area (TPSA) is 58.4 Å². The molecule has 2 aliphatic rings. The Morgan fingerprint density at radius 2 is 1.96 bits per heavy atom. The lowest BCUT2D eigenvalue weighted by molar-refractivity contribution is -0.127. The van der Waals surface area contributed by atoms with Crippen LogP contribution in [0.2, 0.25) is 0 Å². The number of aryl methyl sites for hydroxylation is 1. The van der Waals surface area contributed by atoms with Crippen LogP contribution in [-0.2, 0) is 11.8 Å². The Bertz CT molecular complexity index is 879. The van der Waals surface area contributed by atoms with Gasteiger partial charge in [-0.2, -0.15) is 5.10 Å². The number of carbonyl (C=O) groups is 2. The number of carbonyl (C=O) groups excluding carboxylic acids is 2. The first-order chi connectivity index (χ1) is 13.5. The van der Waals surface area contributed by atoms with Gasteiger partial charge < -0.3 is 9.80 Å². The SMILES string of the molecule is Cn1cc(C(=O)N2CCC3(CC2)CC(=O)N(CC=Cc2ccccc2)C3)cn1. The van der Waals surface area contributed by atoms with Crippen molar-refractivity contribution < 1.29 is 9.59 Å². The number of amides is 2. The lowest BCUT2D eigenvalue weighted by Gasteiger charge is -2.38. The highest BCUT2D eigenvalue weighted by atomic mass is 16.2. The van der Waals surface area contributed by atoms with Crippen LogP contribution in [0.3, 0.4) is 0 Å². The van der Waals surface area contributed by atoms with Crippen LogP contribution in [0, 0.1) is 5.41 Å². The van der Waals surface area contributed by atoms with Crippen molar-refractivity contribution in [2.24, 2.45) is 12.5 Å². The van der Waals surface area contributed by atoms with E-state index >= 15 is 0 Å². The summed E-state index contributed by atoms with van der Waals surface area (Å²) in [5, 5.41) is 4.09. The summed E-state index contributed by atoms with van der Waals surface area (Å²) < 4.78 is 1.65. The second-order valence-electron chi connectivity index (χ2n) is 7.96. The van der Waals surface area contributed by atoms with Crippen LogP contribution in [0.25, 0.3) is 6.08 Å². The third kappa shape index (κ3) is 3.86. The van der Waals surface area contributed by atoms with Crippen LogP contribution in [0.1, 0.15) is 35.2 Å². The molecule has 2 amide bonds. The number of piperidine rings is 1. The minimum atomic E-state index is 0.0173. The van der Waals surface area contributed by atoms with Gasteiger partial charge in [0.25, 0.3) is 5.91 Å². The Hall–Kier alpha value is -2.89. The molecule has 6 nitrogen and oxygen atoms in total. The maximum Gasteiger partial charge on any atom is 0.257 e. The maximum absolute atomic E-state index is 12.6. The molecule has 0 radical (unpaired) electrons. The number of rotatable bonds is 4. The van der Waals surface area contributed by atoms with Crippen molar-refractivity contribution in [3.63, 3.8) is 0 Å². The van der Waals surface area contributed by atoms with Gasteiger partial charge in [0.15, 0.2) is 0 Å². The fourth-order valence-corrected chi connectivity index (χ4v) is 4.26. The van der Waals surface area contributed by atoms with Crippen LogP contribution in [-0.4, -0.2) is 57.6 Å². The monoisotopic (exact) mass is 378 g/mol. The summed E-state index contributed by atoms with van der Waals surface area (Å²) in [6.07, 6.45) is 9.86. The van der Waals surface area contributed by atoms with Crippen molar-refractivity contribution in [2.75, 3.05) is 26.2 Å². The van der Waals surface area contributed by atoms with Crippen LogP contribution in [0.5, 0.6) is 0 Å². The van der Waals surface area contributed by atoms with E-state index in [1.807, 2.05) is 35.0 Å². The molecule has 0 unspecified atom stereocenters. The zero-order valence-corrected chi connectivity index (χ0v) is 16.3. The van der Waals surface area contributed by atoms with Crippen LogP contribution in [0.4, 0.5) is 0 Å². The fourth-order valence-electron chi connectivity index (χ4n) is 4.26. The van der Waals surface area contributed by atoms with E-state index in [4.69, 9.17) is 0 Å². The minimum absolute atomic E-state index is 0.0173. The number of hydrogen-bond acceptors (Lipinski definition) is 3. The first-order valence-electron chi connectivity index (χ1n) is 9.82. The van der Waals surface area contributed by atoms with E-state index in [1.165, 1.54) is 0 Å². The molecule has 2 aliphatic heterocycles. The summed E-state index contributed by atoms with van der Waals surface area (Å²) in [4.78, 5) is 29.0. The average molecular weight is 378 g/mol. The molecule has 2 fully saturated rings.